The molecule has 1 saturated heterocycles. The molecule has 2 amide bonds. The van der Waals surface area contributed by atoms with Crippen LogP contribution >= 0.6 is 0 Å². The Bertz CT molecular complexity index is 636. The Hall–Kier alpha value is -1.88. The maximum atomic E-state index is 13.2. The summed E-state index contributed by atoms with van der Waals surface area (Å²) in [5.74, 6) is 0.501. The summed E-state index contributed by atoms with van der Waals surface area (Å²) in [7, 11) is 2.08. The normalized spacial score (nSPS) is 21.4. The van der Waals surface area contributed by atoms with E-state index in [2.05, 4.69) is 24.1 Å². The minimum atomic E-state index is -0.357. The molecule has 2 aliphatic heterocycles. The lowest BCUT2D eigenvalue weighted by Crippen LogP contribution is -2.57. The van der Waals surface area contributed by atoms with Crippen molar-refractivity contribution >= 4 is 11.8 Å². The Kier molecular flexibility index (Phi) is 5.42. The van der Waals surface area contributed by atoms with Gasteiger partial charge in [0.25, 0.3) is 0 Å². The van der Waals surface area contributed by atoms with Crippen molar-refractivity contribution < 1.29 is 9.59 Å². The molecule has 1 aromatic rings. The van der Waals surface area contributed by atoms with E-state index in [9.17, 15) is 9.59 Å². The minimum absolute atomic E-state index is 0.0944. The van der Waals surface area contributed by atoms with Crippen LogP contribution in [0.1, 0.15) is 31.4 Å². The molecule has 0 saturated carbocycles. The zero-order valence-corrected chi connectivity index (χ0v) is 15.6. The molecular weight excluding hydrogens is 314 g/mol. The fourth-order valence-electron chi connectivity index (χ4n) is 3.71. The van der Waals surface area contributed by atoms with E-state index in [1.807, 2.05) is 35.8 Å². The second kappa shape index (κ2) is 7.56. The summed E-state index contributed by atoms with van der Waals surface area (Å²) in [5.41, 5.74) is 2.37. The summed E-state index contributed by atoms with van der Waals surface area (Å²) in [6.45, 7) is 7.94. The van der Waals surface area contributed by atoms with Crippen molar-refractivity contribution in [2.45, 2.75) is 39.3 Å². The zero-order valence-electron chi connectivity index (χ0n) is 15.6. The van der Waals surface area contributed by atoms with Gasteiger partial charge in [0.05, 0.1) is 0 Å². The Morgan fingerprint density at radius 1 is 1.08 bits per heavy atom. The molecule has 1 fully saturated rings. The van der Waals surface area contributed by atoms with Crippen molar-refractivity contribution in [1.29, 1.82) is 0 Å². The van der Waals surface area contributed by atoms with E-state index < -0.39 is 0 Å². The number of hydrogen-bond donors (Lipinski definition) is 0. The average molecular weight is 343 g/mol. The van der Waals surface area contributed by atoms with Crippen molar-refractivity contribution in [3.8, 4) is 0 Å². The van der Waals surface area contributed by atoms with Crippen LogP contribution in [-0.2, 0) is 22.6 Å². The van der Waals surface area contributed by atoms with Gasteiger partial charge in [-0.05, 0) is 24.1 Å². The molecular formula is C20H29N3O2. The van der Waals surface area contributed by atoms with Gasteiger partial charge in [-0.2, -0.15) is 0 Å². The van der Waals surface area contributed by atoms with Crippen LogP contribution in [0.15, 0.2) is 24.3 Å². The van der Waals surface area contributed by atoms with Gasteiger partial charge >= 0.3 is 0 Å². The van der Waals surface area contributed by atoms with Gasteiger partial charge in [0.2, 0.25) is 11.8 Å². The number of likely N-dealkylation sites (N-methyl/N-ethyl adjacent to an activating group) is 1. The third kappa shape index (κ3) is 4.03. The number of piperazine rings is 1. The molecule has 0 unspecified atom stereocenters. The Morgan fingerprint density at radius 2 is 1.72 bits per heavy atom. The van der Waals surface area contributed by atoms with E-state index in [-0.39, 0.29) is 17.9 Å². The summed E-state index contributed by atoms with van der Waals surface area (Å²) in [6.07, 6.45) is 1.12. The molecule has 0 bridgehead atoms. The highest BCUT2D eigenvalue weighted by Gasteiger charge is 2.37. The van der Waals surface area contributed by atoms with Crippen LogP contribution in [0.3, 0.4) is 0 Å². The fourth-order valence-corrected chi connectivity index (χ4v) is 3.71. The highest BCUT2D eigenvalue weighted by atomic mass is 16.2. The molecule has 0 aliphatic carbocycles. The number of amides is 2. The molecule has 0 radical (unpaired) electrons. The van der Waals surface area contributed by atoms with Gasteiger partial charge in [-0.1, -0.05) is 38.1 Å². The van der Waals surface area contributed by atoms with Crippen molar-refractivity contribution in [2.24, 2.45) is 5.92 Å². The lowest BCUT2D eigenvalue weighted by molar-refractivity contribution is -0.148. The van der Waals surface area contributed by atoms with Crippen molar-refractivity contribution in [1.82, 2.24) is 14.7 Å². The Balaban J connectivity index is 1.82. The fraction of sp³-hybridized carbons (Fsp3) is 0.600. The zero-order chi connectivity index (χ0) is 18.0. The number of benzene rings is 1. The predicted molar refractivity (Wildman–Crippen MR) is 98.0 cm³/mol. The van der Waals surface area contributed by atoms with Crippen LogP contribution in [0.2, 0.25) is 0 Å². The van der Waals surface area contributed by atoms with Crippen LogP contribution in [0.25, 0.3) is 0 Å². The second-order valence-electron chi connectivity index (χ2n) is 7.74. The Labute approximate surface area is 150 Å². The molecule has 3 rings (SSSR count). The topological polar surface area (TPSA) is 43.9 Å². The van der Waals surface area contributed by atoms with Gasteiger partial charge in [0.1, 0.15) is 6.04 Å². The first kappa shape index (κ1) is 17.9. The molecule has 2 aliphatic rings. The smallest absolute Gasteiger partial charge is 0.245 e. The summed E-state index contributed by atoms with van der Waals surface area (Å²) in [6, 6.07) is 7.82. The van der Waals surface area contributed by atoms with Crippen LogP contribution < -0.4 is 0 Å². The van der Waals surface area contributed by atoms with Gasteiger partial charge in [0.15, 0.2) is 0 Å². The lowest BCUT2D eigenvalue weighted by Gasteiger charge is -2.41. The highest BCUT2D eigenvalue weighted by Crippen LogP contribution is 2.26. The van der Waals surface area contributed by atoms with Crippen molar-refractivity contribution in [3.63, 3.8) is 0 Å². The van der Waals surface area contributed by atoms with E-state index >= 15 is 0 Å². The van der Waals surface area contributed by atoms with Crippen LogP contribution in [0.4, 0.5) is 0 Å². The van der Waals surface area contributed by atoms with Gasteiger partial charge in [-0.15, -0.1) is 0 Å². The van der Waals surface area contributed by atoms with Crippen LogP contribution in [0, 0.1) is 5.92 Å². The molecule has 0 aromatic heterocycles. The first-order chi connectivity index (χ1) is 12.0. The van der Waals surface area contributed by atoms with E-state index in [0.717, 1.165) is 26.2 Å². The summed E-state index contributed by atoms with van der Waals surface area (Å²) >= 11 is 0. The number of rotatable bonds is 3. The summed E-state index contributed by atoms with van der Waals surface area (Å²) in [5, 5.41) is 0. The average Bonchev–Trinajstić information content (AvgIpc) is 2.60. The van der Waals surface area contributed by atoms with Gasteiger partial charge in [-0.25, -0.2) is 0 Å². The summed E-state index contributed by atoms with van der Waals surface area (Å²) < 4.78 is 0. The number of hydrogen-bond acceptors (Lipinski definition) is 3. The lowest BCUT2D eigenvalue weighted by atomic mass is 9.92. The predicted octanol–water partition coefficient (Wildman–Crippen LogP) is 1.76. The SMILES string of the molecule is CC(C)CC(=O)N1Cc2ccccc2C[C@@H]1C(=O)N1CCN(C)CC1. The third-order valence-corrected chi connectivity index (χ3v) is 5.25. The van der Waals surface area contributed by atoms with E-state index in [1.54, 1.807) is 0 Å². The maximum Gasteiger partial charge on any atom is 0.245 e. The molecule has 0 spiro atoms. The number of fused-ring (bicyclic) bond motifs is 1. The van der Waals surface area contributed by atoms with E-state index in [0.29, 0.717) is 25.3 Å². The largest absolute Gasteiger partial charge is 0.338 e. The van der Waals surface area contributed by atoms with Crippen LogP contribution in [-0.4, -0.2) is 65.8 Å². The van der Waals surface area contributed by atoms with E-state index in [1.165, 1.54) is 11.1 Å². The molecule has 25 heavy (non-hydrogen) atoms. The second-order valence-corrected chi connectivity index (χ2v) is 7.74. The number of carbonyl (C=O) groups is 2. The Morgan fingerprint density at radius 3 is 2.36 bits per heavy atom. The molecule has 2 heterocycles. The molecule has 1 aromatic carbocycles. The number of carbonyl (C=O) groups excluding carboxylic acids is 2. The molecule has 1 atom stereocenters. The number of nitrogens with zero attached hydrogens (tertiary/aromatic N) is 3. The van der Waals surface area contributed by atoms with Gasteiger partial charge in [0, 0.05) is 45.6 Å². The third-order valence-electron chi connectivity index (χ3n) is 5.25. The molecule has 5 heteroatoms. The molecule has 5 nitrogen and oxygen atoms in total. The van der Waals surface area contributed by atoms with E-state index in [4.69, 9.17) is 0 Å². The maximum absolute atomic E-state index is 13.2. The molecule has 136 valence electrons. The highest BCUT2D eigenvalue weighted by molar-refractivity contribution is 5.88. The first-order valence-corrected chi connectivity index (χ1v) is 9.29. The standard InChI is InChI=1S/C20H29N3O2/c1-15(2)12-19(24)23-14-17-7-5-4-6-16(17)13-18(23)20(25)22-10-8-21(3)9-11-22/h4-7,15,18H,8-14H2,1-3H3/t18-/m1/s1. The van der Waals surface area contributed by atoms with Gasteiger partial charge < -0.3 is 14.7 Å². The quantitative estimate of drug-likeness (QED) is 0.840. The summed E-state index contributed by atoms with van der Waals surface area (Å²) in [4.78, 5) is 32.0. The van der Waals surface area contributed by atoms with Crippen molar-refractivity contribution in [2.75, 3.05) is 33.2 Å². The minimum Gasteiger partial charge on any atom is -0.338 e. The molecule has 0 N–H and O–H groups in total. The van der Waals surface area contributed by atoms with Crippen LogP contribution in [0.5, 0.6) is 0 Å². The van der Waals surface area contributed by atoms with Gasteiger partial charge in [-0.3, -0.25) is 9.59 Å². The van der Waals surface area contributed by atoms with Crippen molar-refractivity contribution in [3.05, 3.63) is 35.4 Å². The monoisotopic (exact) mass is 343 g/mol. The first-order valence-electron chi connectivity index (χ1n) is 9.29.